The topological polar surface area (TPSA) is 85.6 Å². The standard InChI is InChI=1S/C13H16N4O3S/c1-3-20-12-4-6-13(7-5-12)21(18,19)16-14-8-11-9-15-17(2)10-11/h4-10,16H,3H2,1-2H3/b14-8+. The summed E-state index contributed by atoms with van der Waals surface area (Å²) in [5.74, 6) is 0.621. The highest BCUT2D eigenvalue weighted by Gasteiger charge is 2.12. The number of ether oxygens (including phenoxy) is 1. The highest BCUT2D eigenvalue weighted by Crippen LogP contribution is 2.15. The minimum atomic E-state index is -3.69. The van der Waals surface area contributed by atoms with E-state index >= 15 is 0 Å². The molecule has 0 saturated heterocycles. The summed E-state index contributed by atoms with van der Waals surface area (Å²) in [4.78, 5) is 2.27. The van der Waals surface area contributed by atoms with Crippen LogP contribution in [0, 0.1) is 0 Å². The van der Waals surface area contributed by atoms with Gasteiger partial charge >= 0.3 is 0 Å². The molecule has 1 aromatic carbocycles. The van der Waals surface area contributed by atoms with Crippen molar-refractivity contribution < 1.29 is 13.2 Å². The Balaban J connectivity index is 2.05. The monoisotopic (exact) mass is 308 g/mol. The number of benzene rings is 1. The van der Waals surface area contributed by atoms with Crippen LogP contribution >= 0.6 is 0 Å². The molecule has 0 aliphatic carbocycles. The number of hydrogen-bond donors (Lipinski definition) is 1. The Morgan fingerprint density at radius 3 is 2.67 bits per heavy atom. The van der Waals surface area contributed by atoms with Crippen molar-refractivity contribution in [1.82, 2.24) is 14.6 Å². The second-order valence-corrected chi connectivity index (χ2v) is 5.87. The zero-order valence-electron chi connectivity index (χ0n) is 11.7. The lowest BCUT2D eigenvalue weighted by Gasteiger charge is -2.05. The fourth-order valence-corrected chi connectivity index (χ4v) is 2.40. The third-order valence-electron chi connectivity index (χ3n) is 2.56. The van der Waals surface area contributed by atoms with E-state index in [0.717, 1.165) is 0 Å². The molecule has 0 saturated carbocycles. The molecule has 112 valence electrons. The first-order chi connectivity index (χ1) is 10.0. The summed E-state index contributed by atoms with van der Waals surface area (Å²) >= 11 is 0. The van der Waals surface area contributed by atoms with Gasteiger partial charge in [-0.2, -0.15) is 18.6 Å². The normalized spacial score (nSPS) is 11.7. The van der Waals surface area contributed by atoms with Crippen molar-refractivity contribution in [2.24, 2.45) is 12.1 Å². The van der Waals surface area contributed by atoms with E-state index in [1.54, 1.807) is 36.3 Å². The molecule has 21 heavy (non-hydrogen) atoms. The van der Waals surface area contributed by atoms with Crippen LogP contribution in [0.2, 0.25) is 0 Å². The summed E-state index contributed by atoms with van der Waals surface area (Å²) < 4.78 is 30.9. The van der Waals surface area contributed by atoms with Gasteiger partial charge in [-0.05, 0) is 31.2 Å². The van der Waals surface area contributed by atoms with Crippen molar-refractivity contribution in [3.63, 3.8) is 0 Å². The average molecular weight is 308 g/mol. The molecule has 0 aliphatic heterocycles. The number of nitrogens with one attached hydrogen (secondary N) is 1. The van der Waals surface area contributed by atoms with Gasteiger partial charge in [0.1, 0.15) is 5.75 Å². The minimum absolute atomic E-state index is 0.120. The summed E-state index contributed by atoms with van der Waals surface area (Å²) in [6.07, 6.45) is 4.68. The Morgan fingerprint density at radius 2 is 2.10 bits per heavy atom. The maximum atomic E-state index is 12.0. The van der Waals surface area contributed by atoms with Crippen LogP contribution in [0.15, 0.2) is 46.7 Å². The van der Waals surface area contributed by atoms with E-state index in [1.807, 2.05) is 6.92 Å². The maximum Gasteiger partial charge on any atom is 0.276 e. The molecule has 2 aromatic rings. The van der Waals surface area contributed by atoms with Crippen molar-refractivity contribution in [2.75, 3.05) is 6.61 Å². The van der Waals surface area contributed by atoms with Crippen LogP contribution in [0.3, 0.4) is 0 Å². The van der Waals surface area contributed by atoms with Crippen LogP contribution in [0.4, 0.5) is 0 Å². The average Bonchev–Trinajstić information content (AvgIpc) is 2.85. The molecule has 0 amide bonds. The van der Waals surface area contributed by atoms with E-state index in [9.17, 15) is 8.42 Å². The predicted octanol–water partition coefficient (Wildman–Crippen LogP) is 1.13. The van der Waals surface area contributed by atoms with E-state index in [0.29, 0.717) is 17.9 Å². The second-order valence-electron chi connectivity index (χ2n) is 4.20. The highest BCUT2D eigenvalue weighted by molar-refractivity contribution is 7.89. The smallest absolute Gasteiger partial charge is 0.276 e. The molecular weight excluding hydrogens is 292 g/mol. The number of aryl methyl sites for hydroxylation is 1. The minimum Gasteiger partial charge on any atom is -0.494 e. The van der Waals surface area contributed by atoms with Crippen molar-refractivity contribution in [1.29, 1.82) is 0 Å². The lowest BCUT2D eigenvalue weighted by atomic mass is 10.3. The van der Waals surface area contributed by atoms with Crippen LogP contribution in [0.5, 0.6) is 5.75 Å². The summed E-state index contributed by atoms with van der Waals surface area (Å²) in [7, 11) is -1.92. The lowest BCUT2D eigenvalue weighted by molar-refractivity contribution is 0.340. The van der Waals surface area contributed by atoms with E-state index in [4.69, 9.17) is 4.74 Å². The van der Waals surface area contributed by atoms with Crippen molar-refractivity contribution >= 4 is 16.2 Å². The fraction of sp³-hybridized carbons (Fsp3) is 0.231. The first-order valence-corrected chi connectivity index (χ1v) is 7.76. The Bertz CT molecular complexity index is 720. The van der Waals surface area contributed by atoms with Gasteiger partial charge in [0.15, 0.2) is 0 Å². The van der Waals surface area contributed by atoms with Gasteiger partial charge in [-0.1, -0.05) is 0 Å². The number of sulfonamides is 1. The number of hydrogen-bond acceptors (Lipinski definition) is 5. The lowest BCUT2D eigenvalue weighted by Crippen LogP contribution is -2.18. The largest absolute Gasteiger partial charge is 0.494 e. The van der Waals surface area contributed by atoms with E-state index in [2.05, 4.69) is 15.0 Å². The molecule has 0 spiro atoms. The molecule has 0 unspecified atom stereocenters. The molecule has 1 aromatic heterocycles. The molecule has 7 nitrogen and oxygen atoms in total. The molecule has 0 aliphatic rings. The summed E-state index contributed by atoms with van der Waals surface area (Å²) in [6, 6.07) is 6.13. The molecule has 1 N–H and O–H groups in total. The molecule has 0 bridgehead atoms. The van der Waals surface area contributed by atoms with E-state index in [-0.39, 0.29) is 4.90 Å². The molecule has 0 radical (unpaired) electrons. The van der Waals surface area contributed by atoms with Crippen molar-refractivity contribution in [3.8, 4) is 5.75 Å². The third-order valence-corrected chi connectivity index (χ3v) is 3.79. The van der Waals surface area contributed by atoms with Gasteiger partial charge < -0.3 is 4.74 Å². The zero-order valence-corrected chi connectivity index (χ0v) is 12.5. The predicted molar refractivity (Wildman–Crippen MR) is 78.7 cm³/mol. The SMILES string of the molecule is CCOc1ccc(S(=O)(=O)N/N=C/c2cnn(C)c2)cc1. The van der Waals surface area contributed by atoms with Crippen molar-refractivity contribution in [3.05, 3.63) is 42.2 Å². The molecule has 8 heteroatoms. The summed E-state index contributed by atoms with van der Waals surface area (Å²) in [5.41, 5.74) is 0.701. The Morgan fingerprint density at radius 1 is 1.38 bits per heavy atom. The number of hydrazone groups is 1. The zero-order chi connectivity index (χ0) is 15.3. The molecular formula is C13H16N4O3S. The Labute approximate surface area is 123 Å². The Kier molecular flexibility index (Phi) is 4.59. The van der Waals surface area contributed by atoms with Crippen LogP contribution in [-0.2, 0) is 17.1 Å². The first kappa shape index (κ1) is 15.0. The van der Waals surface area contributed by atoms with Crippen LogP contribution in [0.1, 0.15) is 12.5 Å². The Hall–Kier alpha value is -2.35. The van der Waals surface area contributed by atoms with Crippen LogP contribution < -0.4 is 9.57 Å². The van der Waals surface area contributed by atoms with Crippen molar-refractivity contribution in [2.45, 2.75) is 11.8 Å². The number of rotatable bonds is 6. The van der Waals surface area contributed by atoms with Crippen LogP contribution in [-0.4, -0.2) is 31.0 Å². The third kappa shape index (κ3) is 4.06. The van der Waals surface area contributed by atoms with Gasteiger partial charge in [0, 0.05) is 18.8 Å². The quantitative estimate of drug-likeness (QED) is 0.640. The summed E-state index contributed by atoms with van der Waals surface area (Å²) in [6.45, 7) is 2.39. The maximum absolute atomic E-state index is 12.0. The molecule has 2 rings (SSSR count). The first-order valence-electron chi connectivity index (χ1n) is 6.27. The van der Waals surface area contributed by atoms with Gasteiger partial charge in [0.05, 0.1) is 23.9 Å². The van der Waals surface area contributed by atoms with Gasteiger partial charge in [-0.3, -0.25) is 4.68 Å². The summed E-state index contributed by atoms with van der Waals surface area (Å²) in [5, 5.41) is 7.67. The number of nitrogens with zero attached hydrogens (tertiary/aromatic N) is 3. The van der Waals surface area contributed by atoms with E-state index in [1.165, 1.54) is 18.3 Å². The molecule has 0 fully saturated rings. The van der Waals surface area contributed by atoms with Gasteiger partial charge in [-0.25, -0.2) is 4.83 Å². The number of aromatic nitrogens is 2. The fourth-order valence-electron chi connectivity index (χ4n) is 1.61. The van der Waals surface area contributed by atoms with Crippen LogP contribution in [0.25, 0.3) is 0 Å². The van der Waals surface area contributed by atoms with Gasteiger partial charge in [0.2, 0.25) is 0 Å². The van der Waals surface area contributed by atoms with Gasteiger partial charge in [0.25, 0.3) is 10.0 Å². The highest BCUT2D eigenvalue weighted by atomic mass is 32.2. The molecule has 1 heterocycles. The van der Waals surface area contributed by atoms with E-state index < -0.39 is 10.0 Å². The second kappa shape index (κ2) is 6.40. The van der Waals surface area contributed by atoms with Gasteiger partial charge in [-0.15, -0.1) is 0 Å². The molecule has 0 atom stereocenters.